The molecule has 1 fully saturated rings. The topological polar surface area (TPSA) is 59.2 Å². The Morgan fingerprint density at radius 1 is 1.50 bits per heavy atom. The van der Waals surface area contributed by atoms with Crippen molar-refractivity contribution in [2.24, 2.45) is 17.6 Å². The molecular weight excluding hydrogens is 226 g/mol. The fourth-order valence-corrected chi connectivity index (χ4v) is 2.35. The Labute approximate surface area is 108 Å². The maximum atomic E-state index is 12.4. The molecule has 18 heavy (non-hydrogen) atoms. The average Bonchev–Trinajstić information content (AvgIpc) is 2.41. The minimum atomic E-state index is 0.103. The molecule has 2 heterocycles. The van der Waals surface area contributed by atoms with E-state index in [4.69, 9.17) is 5.73 Å². The van der Waals surface area contributed by atoms with Gasteiger partial charge in [-0.15, -0.1) is 0 Å². The molecule has 0 radical (unpaired) electrons. The summed E-state index contributed by atoms with van der Waals surface area (Å²) in [6.45, 7) is 6.53. The quantitative estimate of drug-likeness (QED) is 0.864. The lowest BCUT2D eigenvalue weighted by Crippen LogP contribution is -2.42. The highest BCUT2D eigenvalue weighted by Crippen LogP contribution is 2.23. The van der Waals surface area contributed by atoms with Gasteiger partial charge in [0, 0.05) is 31.4 Å². The summed E-state index contributed by atoms with van der Waals surface area (Å²) in [4.78, 5) is 18.4. The largest absolute Gasteiger partial charge is 0.338 e. The number of pyridine rings is 1. The van der Waals surface area contributed by atoms with Crippen LogP contribution in [-0.4, -0.2) is 28.9 Å². The molecule has 1 aromatic heterocycles. The van der Waals surface area contributed by atoms with Gasteiger partial charge in [-0.25, -0.2) is 0 Å². The van der Waals surface area contributed by atoms with E-state index in [9.17, 15) is 4.79 Å². The molecule has 0 aliphatic carbocycles. The zero-order valence-electron chi connectivity index (χ0n) is 11.1. The van der Waals surface area contributed by atoms with Crippen molar-refractivity contribution in [3.05, 3.63) is 29.6 Å². The van der Waals surface area contributed by atoms with Crippen LogP contribution >= 0.6 is 0 Å². The number of amides is 1. The summed E-state index contributed by atoms with van der Waals surface area (Å²) in [6.07, 6.45) is 2.74. The van der Waals surface area contributed by atoms with E-state index in [2.05, 4.69) is 18.8 Å². The van der Waals surface area contributed by atoms with Crippen molar-refractivity contribution in [1.29, 1.82) is 0 Å². The first kappa shape index (κ1) is 13.0. The van der Waals surface area contributed by atoms with E-state index < -0.39 is 0 Å². The van der Waals surface area contributed by atoms with E-state index in [1.54, 1.807) is 18.3 Å². The fourth-order valence-electron chi connectivity index (χ4n) is 2.35. The molecule has 1 saturated heterocycles. The van der Waals surface area contributed by atoms with Crippen LogP contribution < -0.4 is 5.73 Å². The van der Waals surface area contributed by atoms with Gasteiger partial charge in [-0.1, -0.05) is 13.8 Å². The predicted octanol–water partition coefficient (Wildman–Crippen LogP) is 1.66. The molecule has 4 heteroatoms. The third-order valence-electron chi connectivity index (χ3n) is 3.89. The molecule has 0 saturated carbocycles. The third-order valence-corrected chi connectivity index (χ3v) is 3.89. The van der Waals surface area contributed by atoms with E-state index in [0.29, 0.717) is 23.9 Å². The molecule has 0 bridgehead atoms. The van der Waals surface area contributed by atoms with E-state index >= 15 is 0 Å². The van der Waals surface area contributed by atoms with Crippen LogP contribution in [0.2, 0.25) is 0 Å². The van der Waals surface area contributed by atoms with Crippen LogP contribution in [0.15, 0.2) is 18.3 Å². The highest BCUT2D eigenvalue weighted by atomic mass is 16.2. The SMILES string of the molecule is CC1CCN(C(=O)c2ccnc(CN)c2)CC1C. The number of likely N-dealkylation sites (tertiary alicyclic amines) is 1. The van der Waals surface area contributed by atoms with Crippen molar-refractivity contribution in [2.45, 2.75) is 26.8 Å². The van der Waals surface area contributed by atoms with Crippen molar-refractivity contribution < 1.29 is 4.79 Å². The van der Waals surface area contributed by atoms with Crippen LogP contribution in [0.3, 0.4) is 0 Å². The van der Waals surface area contributed by atoms with Gasteiger partial charge in [-0.2, -0.15) is 0 Å². The number of carbonyl (C=O) groups is 1. The maximum Gasteiger partial charge on any atom is 0.253 e. The summed E-state index contributed by atoms with van der Waals surface area (Å²) in [5.74, 6) is 1.37. The standard InChI is InChI=1S/C14H21N3O/c1-10-4-6-17(9-11(10)2)14(18)12-3-5-16-13(7-12)8-15/h3,5,7,10-11H,4,6,8-9,15H2,1-2H3. The molecule has 4 nitrogen and oxygen atoms in total. The number of hydrogen-bond acceptors (Lipinski definition) is 3. The van der Waals surface area contributed by atoms with E-state index in [0.717, 1.165) is 25.2 Å². The Hall–Kier alpha value is -1.42. The number of nitrogens with two attached hydrogens (primary N) is 1. The first-order valence-electron chi connectivity index (χ1n) is 6.56. The molecular formula is C14H21N3O. The summed E-state index contributed by atoms with van der Waals surface area (Å²) in [5.41, 5.74) is 7.01. The lowest BCUT2D eigenvalue weighted by molar-refractivity contribution is 0.0627. The summed E-state index contributed by atoms with van der Waals surface area (Å²) in [7, 11) is 0. The van der Waals surface area contributed by atoms with Crippen LogP contribution in [0.1, 0.15) is 36.3 Å². The number of carbonyl (C=O) groups excluding carboxylic acids is 1. The van der Waals surface area contributed by atoms with Gasteiger partial charge >= 0.3 is 0 Å². The molecule has 2 atom stereocenters. The van der Waals surface area contributed by atoms with Crippen molar-refractivity contribution in [2.75, 3.05) is 13.1 Å². The summed E-state index contributed by atoms with van der Waals surface area (Å²) < 4.78 is 0. The molecule has 1 amide bonds. The summed E-state index contributed by atoms with van der Waals surface area (Å²) in [6, 6.07) is 3.56. The van der Waals surface area contributed by atoms with Gasteiger partial charge in [-0.05, 0) is 30.4 Å². The van der Waals surface area contributed by atoms with Gasteiger partial charge in [0.1, 0.15) is 0 Å². The molecule has 2 unspecified atom stereocenters. The van der Waals surface area contributed by atoms with Gasteiger partial charge < -0.3 is 10.6 Å². The Kier molecular flexibility index (Phi) is 3.97. The number of nitrogens with zero attached hydrogens (tertiary/aromatic N) is 2. The van der Waals surface area contributed by atoms with E-state index in [-0.39, 0.29) is 5.91 Å². The second-order valence-corrected chi connectivity index (χ2v) is 5.23. The van der Waals surface area contributed by atoms with Gasteiger partial charge in [-0.3, -0.25) is 9.78 Å². The predicted molar refractivity (Wildman–Crippen MR) is 71.0 cm³/mol. The maximum absolute atomic E-state index is 12.4. The number of piperidine rings is 1. The first-order valence-corrected chi connectivity index (χ1v) is 6.56. The number of hydrogen-bond donors (Lipinski definition) is 1. The zero-order valence-corrected chi connectivity index (χ0v) is 11.1. The van der Waals surface area contributed by atoms with Gasteiger partial charge in [0.2, 0.25) is 0 Å². The summed E-state index contributed by atoms with van der Waals surface area (Å²) in [5, 5.41) is 0. The second kappa shape index (κ2) is 5.48. The minimum Gasteiger partial charge on any atom is -0.338 e. The van der Waals surface area contributed by atoms with Gasteiger partial charge in [0.05, 0.1) is 5.69 Å². The van der Waals surface area contributed by atoms with Crippen LogP contribution in [-0.2, 0) is 6.54 Å². The van der Waals surface area contributed by atoms with Gasteiger partial charge in [0.15, 0.2) is 0 Å². The fraction of sp³-hybridized carbons (Fsp3) is 0.571. The Morgan fingerprint density at radius 3 is 2.94 bits per heavy atom. The van der Waals surface area contributed by atoms with Crippen LogP contribution in [0.25, 0.3) is 0 Å². The minimum absolute atomic E-state index is 0.103. The Morgan fingerprint density at radius 2 is 2.28 bits per heavy atom. The smallest absolute Gasteiger partial charge is 0.253 e. The molecule has 1 aromatic rings. The lowest BCUT2D eigenvalue weighted by atomic mass is 9.88. The van der Waals surface area contributed by atoms with Crippen LogP contribution in [0.4, 0.5) is 0 Å². The van der Waals surface area contributed by atoms with Crippen molar-refractivity contribution >= 4 is 5.91 Å². The average molecular weight is 247 g/mol. The van der Waals surface area contributed by atoms with E-state index in [1.165, 1.54) is 0 Å². The van der Waals surface area contributed by atoms with Crippen molar-refractivity contribution in [3.63, 3.8) is 0 Å². The molecule has 1 aliphatic heterocycles. The molecule has 2 N–H and O–H groups in total. The summed E-state index contributed by atoms with van der Waals surface area (Å²) >= 11 is 0. The monoisotopic (exact) mass is 247 g/mol. The zero-order chi connectivity index (χ0) is 13.1. The Bertz CT molecular complexity index is 433. The van der Waals surface area contributed by atoms with Gasteiger partial charge in [0.25, 0.3) is 5.91 Å². The first-order chi connectivity index (χ1) is 8.61. The van der Waals surface area contributed by atoms with E-state index in [1.807, 2.05) is 4.90 Å². The third kappa shape index (κ3) is 2.70. The molecule has 1 aliphatic rings. The lowest BCUT2D eigenvalue weighted by Gasteiger charge is -2.35. The van der Waals surface area contributed by atoms with Crippen molar-refractivity contribution in [1.82, 2.24) is 9.88 Å². The van der Waals surface area contributed by atoms with Crippen LogP contribution in [0, 0.1) is 11.8 Å². The molecule has 0 spiro atoms. The number of aromatic nitrogens is 1. The van der Waals surface area contributed by atoms with Crippen LogP contribution in [0.5, 0.6) is 0 Å². The highest BCUT2D eigenvalue weighted by Gasteiger charge is 2.26. The Balaban J connectivity index is 2.11. The van der Waals surface area contributed by atoms with Crippen molar-refractivity contribution in [3.8, 4) is 0 Å². The highest BCUT2D eigenvalue weighted by molar-refractivity contribution is 5.94. The molecule has 0 aromatic carbocycles. The molecule has 2 rings (SSSR count). The number of rotatable bonds is 2. The normalized spacial score (nSPS) is 24.1. The molecule has 98 valence electrons. The second-order valence-electron chi connectivity index (χ2n) is 5.23.